The molecule has 1 atom stereocenters. The number of hydrogen-bond donors (Lipinski definition) is 1. The number of carbonyl (C=O) groups excluding carboxylic acids is 1. The first kappa shape index (κ1) is 12.2. The summed E-state index contributed by atoms with van der Waals surface area (Å²) in [6.45, 7) is 1.96. The zero-order valence-corrected chi connectivity index (χ0v) is 10.8. The Balaban J connectivity index is 1.93. The Hall–Kier alpha value is -1.26. The number of nitrogens with one attached hydrogen (secondary N) is 1. The van der Waals surface area contributed by atoms with Crippen LogP contribution in [0.25, 0.3) is 0 Å². The summed E-state index contributed by atoms with van der Waals surface area (Å²) in [6, 6.07) is 3.68. The lowest BCUT2D eigenvalue weighted by Gasteiger charge is -2.12. The molecule has 1 amide bonds. The van der Waals surface area contributed by atoms with Gasteiger partial charge >= 0.3 is 0 Å². The Kier molecular flexibility index (Phi) is 3.86. The Morgan fingerprint density at radius 3 is 3.00 bits per heavy atom. The van der Waals surface area contributed by atoms with Crippen molar-refractivity contribution < 1.29 is 9.21 Å². The molecule has 0 bridgehead atoms. The largest absolute Gasteiger partial charge is 0.452 e. The Morgan fingerprint density at radius 1 is 1.59 bits per heavy atom. The quantitative estimate of drug-likeness (QED) is 0.925. The van der Waals surface area contributed by atoms with Crippen LogP contribution in [-0.4, -0.2) is 11.9 Å². The van der Waals surface area contributed by atoms with Crippen molar-refractivity contribution in [2.24, 2.45) is 0 Å². The molecule has 5 heteroatoms. The molecule has 0 fully saturated rings. The van der Waals surface area contributed by atoms with Gasteiger partial charge in [-0.25, -0.2) is 0 Å². The van der Waals surface area contributed by atoms with Gasteiger partial charge in [0.15, 0.2) is 0 Å². The van der Waals surface area contributed by atoms with Gasteiger partial charge in [-0.1, -0.05) is 0 Å². The van der Waals surface area contributed by atoms with Crippen LogP contribution in [-0.2, 0) is 6.42 Å². The summed E-state index contributed by atoms with van der Waals surface area (Å²) in [4.78, 5) is 11.8. The fourth-order valence-electron chi connectivity index (χ4n) is 1.57. The molecule has 2 aromatic rings. The third kappa shape index (κ3) is 3.11. The molecule has 0 radical (unpaired) electrons. The van der Waals surface area contributed by atoms with Gasteiger partial charge in [0.25, 0.3) is 5.91 Å². The van der Waals surface area contributed by atoms with Crippen molar-refractivity contribution in [1.82, 2.24) is 5.32 Å². The molecule has 1 unspecified atom stereocenters. The number of rotatable bonds is 4. The number of halogens is 1. The zero-order chi connectivity index (χ0) is 12.3. The Morgan fingerprint density at radius 2 is 2.41 bits per heavy atom. The van der Waals surface area contributed by atoms with Crippen LogP contribution in [0.15, 0.2) is 33.6 Å². The molecule has 0 aliphatic heterocycles. The van der Waals surface area contributed by atoms with E-state index in [0.717, 1.165) is 6.42 Å². The predicted molar refractivity (Wildman–Crippen MR) is 68.7 cm³/mol. The topological polar surface area (TPSA) is 42.2 Å². The van der Waals surface area contributed by atoms with Gasteiger partial charge in [-0.2, -0.15) is 11.3 Å². The first-order valence-corrected chi connectivity index (χ1v) is 6.54. The van der Waals surface area contributed by atoms with E-state index in [1.54, 1.807) is 17.4 Å². The minimum Gasteiger partial charge on any atom is -0.452 e. The van der Waals surface area contributed by atoms with Gasteiger partial charge < -0.3 is 9.73 Å². The Bertz CT molecular complexity index is 492. The van der Waals surface area contributed by atoms with E-state index in [0.29, 0.717) is 5.56 Å². The molecule has 2 aromatic heterocycles. The van der Waals surface area contributed by atoms with Gasteiger partial charge in [-0.15, -0.1) is 0 Å². The van der Waals surface area contributed by atoms with E-state index in [1.165, 1.54) is 11.8 Å². The molecule has 1 N–H and O–H groups in total. The lowest BCUT2D eigenvalue weighted by atomic mass is 10.1. The minimum absolute atomic E-state index is 0.0584. The Labute approximate surface area is 108 Å². The van der Waals surface area contributed by atoms with E-state index in [9.17, 15) is 4.79 Å². The summed E-state index contributed by atoms with van der Waals surface area (Å²) in [5.41, 5.74) is 1.60. The second-order valence-electron chi connectivity index (χ2n) is 3.82. The average Bonchev–Trinajstić information content (AvgIpc) is 2.88. The van der Waals surface area contributed by atoms with Gasteiger partial charge in [0.1, 0.15) is 0 Å². The molecular weight excluding hydrogens is 258 g/mol. The monoisotopic (exact) mass is 269 g/mol. The van der Waals surface area contributed by atoms with E-state index >= 15 is 0 Å². The highest BCUT2D eigenvalue weighted by molar-refractivity contribution is 7.07. The summed E-state index contributed by atoms with van der Waals surface area (Å²) in [5.74, 6) is -0.202. The van der Waals surface area contributed by atoms with Crippen molar-refractivity contribution in [3.05, 3.63) is 45.5 Å². The normalized spacial score (nSPS) is 12.4. The molecule has 0 spiro atoms. The van der Waals surface area contributed by atoms with E-state index in [4.69, 9.17) is 16.0 Å². The number of hydrogen-bond acceptors (Lipinski definition) is 3. The SMILES string of the molecule is CC(Cc1ccsc1)NC(=O)c1ccoc1Cl. The van der Waals surface area contributed by atoms with Crippen molar-refractivity contribution in [1.29, 1.82) is 0 Å². The lowest BCUT2D eigenvalue weighted by molar-refractivity contribution is 0.0939. The van der Waals surface area contributed by atoms with Crippen LogP contribution in [0.3, 0.4) is 0 Å². The predicted octanol–water partition coefficient (Wildman–Crippen LogP) is 3.36. The fourth-order valence-corrected chi connectivity index (χ4v) is 2.45. The highest BCUT2D eigenvalue weighted by atomic mass is 35.5. The third-order valence-electron chi connectivity index (χ3n) is 2.36. The first-order chi connectivity index (χ1) is 8.16. The van der Waals surface area contributed by atoms with Crippen molar-refractivity contribution in [3.63, 3.8) is 0 Å². The summed E-state index contributed by atoms with van der Waals surface area (Å²) in [7, 11) is 0. The average molecular weight is 270 g/mol. The summed E-state index contributed by atoms with van der Waals surface area (Å²) in [5, 5.41) is 7.11. The van der Waals surface area contributed by atoms with Gasteiger partial charge in [-0.05, 0) is 53.4 Å². The summed E-state index contributed by atoms with van der Waals surface area (Å²) in [6.07, 6.45) is 2.21. The van der Waals surface area contributed by atoms with Crippen LogP contribution >= 0.6 is 22.9 Å². The molecule has 0 saturated heterocycles. The van der Waals surface area contributed by atoms with Crippen LogP contribution in [0.4, 0.5) is 0 Å². The van der Waals surface area contributed by atoms with Gasteiger partial charge in [0, 0.05) is 6.04 Å². The van der Waals surface area contributed by atoms with Crippen LogP contribution in [0.1, 0.15) is 22.8 Å². The van der Waals surface area contributed by atoms with Gasteiger partial charge in [-0.3, -0.25) is 4.79 Å². The molecule has 3 nitrogen and oxygen atoms in total. The van der Waals surface area contributed by atoms with Crippen LogP contribution in [0.2, 0.25) is 5.22 Å². The van der Waals surface area contributed by atoms with E-state index in [-0.39, 0.29) is 17.2 Å². The molecule has 2 rings (SSSR count). The summed E-state index contributed by atoms with van der Waals surface area (Å²) >= 11 is 7.39. The van der Waals surface area contributed by atoms with Gasteiger partial charge in [0.2, 0.25) is 5.22 Å². The van der Waals surface area contributed by atoms with Crippen LogP contribution in [0.5, 0.6) is 0 Å². The van der Waals surface area contributed by atoms with E-state index in [2.05, 4.69) is 16.8 Å². The maximum absolute atomic E-state index is 11.8. The molecule has 0 saturated carbocycles. The van der Waals surface area contributed by atoms with Crippen molar-refractivity contribution in [2.45, 2.75) is 19.4 Å². The molecule has 2 heterocycles. The van der Waals surface area contributed by atoms with Crippen molar-refractivity contribution in [2.75, 3.05) is 0 Å². The number of carbonyl (C=O) groups is 1. The molecule has 0 aromatic carbocycles. The molecule has 90 valence electrons. The number of thiophene rings is 1. The van der Waals surface area contributed by atoms with Crippen LogP contribution in [0, 0.1) is 0 Å². The van der Waals surface area contributed by atoms with Crippen molar-refractivity contribution in [3.8, 4) is 0 Å². The maximum atomic E-state index is 11.8. The standard InChI is InChI=1S/C12H12ClNO2S/c1-8(6-9-3-5-17-7-9)14-12(15)10-2-4-16-11(10)13/h2-5,7-8H,6H2,1H3,(H,14,15). The van der Waals surface area contributed by atoms with Gasteiger partial charge in [0.05, 0.1) is 11.8 Å². The zero-order valence-electron chi connectivity index (χ0n) is 9.27. The number of furan rings is 1. The lowest BCUT2D eigenvalue weighted by Crippen LogP contribution is -2.33. The second kappa shape index (κ2) is 5.38. The molecule has 17 heavy (non-hydrogen) atoms. The van der Waals surface area contributed by atoms with Crippen molar-refractivity contribution >= 4 is 28.8 Å². The fraction of sp³-hybridized carbons (Fsp3) is 0.250. The number of amides is 1. The molecular formula is C12H12ClNO2S. The summed E-state index contributed by atoms with van der Waals surface area (Å²) < 4.78 is 4.88. The second-order valence-corrected chi connectivity index (χ2v) is 4.94. The first-order valence-electron chi connectivity index (χ1n) is 5.21. The smallest absolute Gasteiger partial charge is 0.256 e. The minimum atomic E-state index is -0.202. The maximum Gasteiger partial charge on any atom is 0.256 e. The highest BCUT2D eigenvalue weighted by Gasteiger charge is 2.15. The van der Waals surface area contributed by atoms with Crippen LogP contribution < -0.4 is 5.32 Å². The third-order valence-corrected chi connectivity index (χ3v) is 3.39. The molecule has 0 aliphatic carbocycles. The molecule has 0 aliphatic rings. The van der Waals surface area contributed by atoms with E-state index in [1.807, 2.05) is 12.3 Å². The highest BCUT2D eigenvalue weighted by Crippen LogP contribution is 2.16. The van der Waals surface area contributed by atoms with E-state index < -0.39 is 0 Å².